The van der Waals surface area contributed by atoms with Crippen LogP contribution in [0.5, 0.6) is 0 Å². The second-order valence-corrected chi connectivity index (χ2v) is 6.66. The third-order valence-electron chi connectivity index (χ3n) is 3.77. The summed E-state index contributed by atoms with van der Waals surface area (Å²) in [6.07, 6.45) is 0. The Morgan fingerprint density at radius 3 is 2.46 bits per heavy atom. The van der Waals surface area contributed by atoms with Crippen LogP contribution in [0.3, 0.4) is 0 Å². The van der Waals surface area contributed by atoms with Crippen molar-refractivity contribution in [1.82, 2.24) is 5.32 Å². The van der Waals surface area contributed by atoms with E-state index in [-0.39, 0.29) is 16.4 Å². The van der Waals surface area contributed by atoms with Gasteiger partial charge in [-0.1, -0.05) is 35.5 Å². The molecule has 1 heterocycles. The monoisotopic (exact) mass is 394 g/mol. The maximum atomic E-state index is 12.5. The van der Waals surface area contributed by atoms with Crippen molar-refractivity contribution in [3.63, 3.8) is 0 Å². The number of ether oxygens (including phenoxy) is 2. The molecule has 0 fully saturated rings. The van der Waals surface area contributed by atoms with Crippen LogP contribution >= 0.6 is 23.4 Å². The minimum atomic E-state index is -1.22. The van der Waals surface area contributed by atoms with Gasteiger partial charge in [0.1, 0.15) is 5.92 Å². The van der Waals surface area contributed by atoms with E-state index in [4.69, 9.17) is 16.3 Å². The number of benzene rings is 1. The van der Waals surface area contributed by atoms with E-state index in [1.54, 1.807) is 24.3 Å². The van der Waals surface area contributed by atoms with Gasteiger partial charge < -0.3 is 14.8 Å². The van der Waals surface area contributed by atoms with E-state index in [2.05, 4.69) is 10.1 Å². The molecule has 0 saturated heterocycles. The summed E-state index contributed by atoms with van der Waals surface area (Å²) in [6.45, 7) is 0. The lowest BCUT2D eigenvalue weighted by atomic mass is 9.78. The molecule has 7 nitrogen and oxygen atoms in total. The molecule has 0 spiro atoms. The van der Waals surface area contributed by atoms with Gasteiger partial charge in [0, 0.05) is 10.9 Å². The van der Waals surface area contributed by atoms with E-state index < -0.39 is 29.7 Å². The maximum absolute atomic E-state index is 12.5. The van der Waals surface area contributed by atoms with Crippen LogP contribution < -0.4 is 5.32 Å². The number of rotatable bonds is 5. The number of nitrogens with one attached hydrogen (secondary N) is 1. The minimum absolute atomic E-state index is 0.0898. The summed E-state index contributed by atoms with van der Waals surface area (Å²) in [6, 6.07) is 8.53. The normalized spacial score (nSPS) is 19.4. The molecule has 0 aliphatic carbocycles. The van der Waals surface area contributed by atoms with Gasteiger partial charge in [0.05, 0.1) is 36.6 Å². The second-order valence-electron chi connectivity index (χ2n) is 5.24. The van der Waals surface area contributed by atoms with Crippen LogP contribution in [0.2, 0.25) is 5.02 Å². The number of halogens is 1. The fraction of sp³-hybridized carbons (Fsp3) is 0.294. The molecule has 2 rings (SSSR count). The lowest BCUT2D eigenvalue weighted by molar-refractivity contribution is -0.150. The number of thioether (sulfide) groups is 1. The van der Waals surface area contributed by atoms with Gasteiger partial charge in [0.15, 0.2) is 0 Å². The first-order valence-corrected chi connectivity index (χ1v) is 8.77. The minimum Gasteiger partial charge on any atom is -0.468 e. The van der Waals surface area contributed by atoms with Gasteiger partial charge in [0.2, 0.25) is 5.91 Å². The fourth-order valence-corrected chi connectivity index (χ4v) is 3.55. The molecule has 2 atom stereocenters. The molecular formula is C17H15ClN2O5S. The topological polar surface area (TPSA) is 105 Å². The number of amides is 1. The number of hydrogen-bond acceptors (Lipinski definition) is 7. The van der Waals surface area contributed by atoms with E-state index in [0.29, 0.717) is 10.6 Å². The van der Waals surface area contributed by atoms with E-state index in [0.717, 1.165) is 11.8 Å². The lowest BCUT2D eigenvalue weighted by Gasteiger charge is -2.30. The summed E-state index contributed by atoms with van der Waals surface area (Å²) in [5.74, 6) is -4.03. The quantitative estimate of drug-likeness (QED) is 0.601. The summed E-state index contributed by atoms with van der Waals surface area (Å²) in [7, 11) is 2.41. The van der Waals surface area contributed by atoms with Crippen LogP contribution in [0.1, 0.15) is 11.5 Å². The Labute approximate surface area is 159 Å². The Morgan fingerprint density at radius 2 is 1.92 bits per heavy atom. The number of nitriles is 1. The van der Waals surface area contributed by atoms with Crippen LogP contribution in [0.4, 0.5) is 0 Å². The summed E-state index contributed by atoms with van der Waals surface area (Å²) >= 11 is 6.86. The Balaban J connectivity index is 2.53. The van der Waals surface area contributed by atoms with Gasteiger partial charge in [-0.3, -0.25) is 14.4 Å². The highest BCUT2D eigenvalue weighted by Gasteiger charge is 2.44. The van der Waals surface area contributed by atoms with E-state index >= 15 is 0 Å². The predicted octanol–water partition coefficient (Wildman–Crippen LogP) is 1.98. The second kappa shape index (κ2) is 8.74. The molecular weight excluding hydrogens is 380 g/mol. The lowest BCUT2D eigenvalue weighted by Crippen LogP contribution is -2.44. The van der Waals surface area contributed by atoms with E-state index in [9.17, 15) is 19.6 Å². The molecule has 1 N–H and O–H groups in total. The molecule has 136 valence electrons. The van der Waals surface area contributed by atoms with Gasteiger partial charge in [-0.2, -0.15) is 5.26 Å². The summed E-state index contributed by atoms with van der Waals surface area (Å²) in [5, 5.41) is 12.9. The average Bonchev–Trinajstić information content (AvgIpc) is 2.65. The van der Waals surface area contributed by atoms with Gasteiger partial charge in [0.25, 0.3) is 0 Å². The van der Waals surface area contributed by atoms with E-state index in [1.807, 2.05) is 6.07 Å². The highest BCUT2D eigenvalue weighted by Crippen LogP contribution is 2.40. The first-order chi connectivity index (χ1) is 12.4. The Morgan fingerprint density at radius 1 is 1.27 bits per heavy atom. The van der Waals surface area contributed by atoms with Gasteiger partial charge in [-0.05, 0) is 17.7 Å². The average molecular weight is 395 g/mol. The standard InChI is InChI=1S/C17H15ClN2O5S/c1-24-12(21)8-26-16-11(7-19)13(9-3-5-10(18)6-4-9)14(15(22)20-16)17(23)25-2/h3-6,13-14H,8H2,1-2H3,(H,20,22)/t13-,14-/m1/s1. The number of nitrogens with zero attached hydrogens (tertiary/aromatic N) is 1. The third kappa shape index (κ3) is 4.18. The summed E-state index contributed by atoms with van der Waals surface area (Å²) in [5.41, 5.74) is 0.726. The Kier molecular flexibility index (Phi) is 6.66. The summed E-state index contributed by atoms with van der Waals surface area (Å²) < 4.78 is 9.31. The fourth-order valence-electron chi connectivity index (χ4n) is 2.54. The van der Waals surface area contributed by atoms with Gasteiger partial charge >= 0.3 is 11.9 Å². The Hall–Kier alpha value is -2.50. The zero-order valence-electron chi connectivity index (χ0n) is 13.9. The molecule has 0 bridgehead atoms. The third-order valence-corrected chi connectivity index (χ3v) is 5.02. The van der Waals surface area contributed by atoms with Crippen LogP contribution in [-0.2, 0) is 23.9 Å². The molecule has 1 aliphatic heterocycles. The number of carbonyl (C=O) groups excluding carboxylic acids is 3. The number of methoxy groups -OCH3 is 2. The van der Waals surface area contributed by atoms with E-state index in [1.165, 1.54) is 14.2 Å². The number of carbonyl (C=O) groups is 3. The number of allylic oxidation sites excluding steroid dienone is 1. The van der Waals surface area contributed by atoms with Crippen molar-refractivity contribution in [2.75, 3.05) is 20.0 Å². The van der Waals surface area contributed by atoms with Crippen molar-refractivity contribution < 1.29 is 23.9 Å². The largest absolute Gasteiger partial charge is 0.468 e. The number of hydrogen-bond donors (Lipinski definition) is 1. The molecule has 0 radical (unpaired) electrons. The Bertz CT molecular complexity index is 800. The van der Waals surface area contributed by atoms with Crippen LogP contribution in [-0.4, -0.2) is 37.8 Å². The molecule has 1 amide bonds. The maximum Gasteiger partial charge on any atom is 0.319 e. The molecule has 9 heteroatoms. The molecule has 0 unspecified atom stereocenters. The SMILES string of the molecule is COC(=O)CSC1=C(C#N)[C@@H](c2ccc(Cl)cc2)[C@@H](C(=O)OC)C(=O)N1. The smallest absolute Gasteiger partial charge is 0.319 e. The molecule has 0 saturated carbocycles. The molecule has 1 aromatic carbocycles. The molecule has 1 aliphatic rings. The predicted molar refractivity (Wildman–Crippen MR) is 95.0 cm³/mol. The first kappa shape index (κ1) is 19.8. The molecule has 0 aromatic heterocycles. The molecule has 26 heavy (non-hydrogen) atoms. The summed E-state index contributed by atoms with van der Waals surface area (Å²) in [4.78, 5) is 36.1. The van der Waals surface area contributed by atoms with Crippen molar-refractivity contribution in [3.8, 4) is 6.07 Å². The first-order valence-electron chi connectivity index (χ1n) is 7.41. The van der Waals surface area contributed by atoms with Crippen molar-refractivity contribution in [2.45, 2.75) is 5.92 Å². The van der Waals surface area contributed by atoms with Crippen LogP contribution in [0.25, 0.3) is 0 Å². The van der Waals surface area contributed by atoms with Crippen LogP contribution in [0.15, 0.2) is 34.9 Å². The van der Waals surface area contributed by atoms with Crippen molar-refractivity contribution in [1.29, 1.82) is 5.26 Å². The van der Waals surface area contributed by atoms with Crippen molar-refractivity contribution >= 4 is 41.2 Å². The highest BCUT2D eigenvalue weighted by atomic mass is 35.5. The molecule has 1 aromatic rings. The van der Waals surface area contributed by atoms with Gasteiger partial charge in [-0.15, -0.1) is 0 Å². The highest BCUT2D eigenvalue weighted by molar-refractivity contribution is 8.03. The van der Waals surface area contributed by atoms with Crippen molar-refractivity contribution in [3.05, 3.63) is 45.5 Å². The van der Waals surface area contributed by atoms with Crippen LogP contribution in [0, 0.1) is 17.2 Å². The number of esters is 2. The van der Waals surface area contributed by atoms with Crippen molar-refractivity contribution in [2.24, 2.45) is 5.92 Å². The zero-order valence-corrected chi connectivity index (χ0v) is 15.5. The zero-order chi connectivity index (χ0) is 19.3. The van der Waals surface area contributed by atoms with Gasteiger partial charge in [-0.25, -0.2) is 0 Å².